The molecular formula is C23H30BrN3O4S. The highest BCUT2D eigenvalue weighted by atomic mass is 79.9. The van der Waals surface area contributed by atoms with Crippen molar-refractivity contribution in [3.8, 4) is 0 Å². The molecule has 0 fully saturated rings. The number of carbonyl (C=O) groups excluding carboxylic acids is 2. The predicted molar refractivity (Wildman–Crippen MR) is 131 cm³/mol. The van der Waals surface area contributed by atoms with Crippen molar-refractivity contribution in [1.29, 1.82) is 0 Å². The van der Waals surface area contributed by atoms with Crippen LogP contribution in [0, 0.1) is 6.92 Å². The van der Waals surface area contributed by atoms with Crippen LogP contribution in [0.1, 0.15) is 31.4 Å². The van der Waals surface area contributed by atoms with Gasteiger partial charge in [-0.25, -0.2) is 8.42 Å². The van der Waals surface area contributed by atoms with Crippen molar-refractivity contribution in [2.75, 3.05) is 23.7 Å². The number of rotatable bonds is 10. The number of halogens is 1. The van der Waals surface area contributed by atoms with Crippen molar-refractivity contribution in [3.63, 3.8) is 0 Å². The van der Waals surface area contributed by atoms with Gasteiger partial charge in [0, 0.05) is 17.6 Å². The second kappa shape index (κ2) is 11.5. The zero-order valence-electron chi connectivity index (χ0n) is 18.8. The lowest BCUT2D eigenvalue weighted by atomic mass is 10.1. The molecule has 0 aromatic heterocycles. The van der Waals surface area contributed by atoms with Crippen LogP contribution < -0.4 is 9.62 Å². The molecule has 0 radical (unpaired) electrons. The van der Waals surface area contributed by atoms with Crippen LogP contribution in [0.25, 0.3) is 0 Å². The van der Waals surface area contributed by atoms with Crippen LogP contribution in [0.4, 0.5) is 5.69 Å². The summed E-state index contributed by atoms with van der Waals surface area (Å²) in [5.74, 6) is -0.745. The third-order valence-corrected chi connectivity index (χ3v) is 6.79. The number of hydrogen-bond donors (Lipinski definition) is 1. The highest BCUT2D eigenvalue weighted by molar-refractivity contribution is 9.10. The number of nitrogens with one attached hydrogen (secondary N) is 1. The lowest BCUT2D eigenvalue weighted by Gasteiger charge is -2.31. The SMILES string of the molecule is CCCNC(=O)[C@@H](C)N(Cc1ccc(C)cc1)C(=O)CN(c1ccccc1Br)S(C)(=O)=O. The Hall–Kier alpha value is -2.39. The Labute approximate surface area is 199 Å². The lowest BCUT2D eigenvalue weighted by Crippen LogP contribution is -2.51. The van der Waals surface area contributed by atoms with Gasteiger partial charge in [0.15, 0.2) is 0 Å². The molecule has 0 bridgehead atoms. The van der Waals surface area contributed by atoms with Gasteiger partial charge in [0.05, 0.1) is 11.9 Å². The Kier molecular flexibility index (Phi) is 9.27. The summed E-state index contributed by atoms with van der Waals surface area (Å²) in [6.07, 6.45) is 1.83. The van der Waals surface area contributed by atoms with Gasteiger partial charge < -0.3 is 10.2 Å². The van der Waals surface area contributed by atoms with Gasteiger partial charge in [0.1, 0.15) is 12.6 Å². The first-order valence-corrected chi connectivity index (χ1v) is 13.0. The molecule has 0 saturated heterocycles. The minimum atomic E-state index is -3.75. The fourth-order valence-corrected chi connectivity index (χ4v) is 4.60. The highest BCUT2D eigenvalue weighted by Crippen LogP contribution is 2.28. The van der Waals surface area contributed by atoms with Gasteiger partial charge in [-0.1, -0.05) is 48.9 Å². The number of hydrogen-bond acceptors (Lipinski definition) is 4. The fourth-order valence-electron chi connectivity index (χ4n) is 3.12. The van der Waals surface area contributed by atoms with Crippen molar-refractivity contribution >= 4 is 43.5 Å². The predicted octanol–water partition coefficient (Wildman–Crippen LogP) is 3.47. The number of para-hydroxylation sites is 1. The number of nitrogens with zero attached hydrogens (tertiary/aromatic N) is 2. The molecule has 1 N–H and O–H groups in total. The second-order valence-corrected chi connectivity index (χ2v) is 10.5. The van der Waals surface area contributed by atoms with Crippen molar-refractivity contribution in [3.05, 3.63) is 64.1 Å². The normalized spacial score (nSPS) is 12.2. The van der Waals surface area contributed by atoms with E-state index in [2.05, 4.69) is 21.2 Å². The Morgan fingerprint density at radius 2 is 1.72 bits per heavy atom. The van der Waals surface area contributed by atoms with Crippen molar-refractivity contribution in [2.24, 2.45) is 0 Å². The molecule has 32 heavy (non-hydrogen) atoms. The molecule has 7 nitrogen and oxygen atoms in total. The van der Waals surface area contributed by atoms with Crippen LogP contribution in [0.3, 0.4) is 0 Å². The molecular weight excluding hydrogens is 494 g/mol. The molecule has 0 aliphatic heterocycles. The van der Waals surface area contributed by atoms with Crippen LogP contribution in [-0.4, -0.2) is 50.5 Å². The van der Waals surface area contributed by atoms with Crippen LogP contribution in [0.5, 0.6) is 0 Å². The van der Waals surface area contributed by atoms with Gasteiger partial charge >= 0.3 is 0 Å². The summed E-state index contributed by atoms with van der Waals surface area (Å²) in [4.78, 5) is 27.5. The summed E-state index contributed by atoms with van der Waals surface area (Å²) >= 11 is 3.36. The highest BCUT2D eigenvalue weighted by Gasteiger charge is 2.30. The third-order valence-electron chi connectivity index (χ3n) is 4.99. The standard InChI is InChI=1S/C23H30BrN3O4S/c1-5-14-25-23(29)18(3)26(15-19-12-10-17(2)11-13-19)22(28)16-27(32(4,30)31)21-9-7-6-8-20(21)24/h6-13,18H,5,14-16H2,1-4H3,(H,25,29)/t18-/m1/s1. The zero-order valence-corrected chi connectivity index (χ0v) is 21.2. The molecule has 9 heteroatoms. The number of benzene rings is 2. The Morgan fingerprint density at radius 3 is 2.28 bits per heavy atom. The molecule has 2 aromatic rings. The molecule has 0 aliphatic carbocycles. The zero-order chi connectivity index (χ0) is 23.9. The molecule has 0 aliphatic rings. The van der Waals surface area contributed by atoms with Crippen LogP contribution in [-0.2, 0) is 26.2 Å². The third kappa shape index (κ3) is 7.06. The Morgan fingerprint density at radius 1 is 1.09 bits per heavy atom. The summed E-state index contributed by atoms with van der Waals surface area (Å²) in [5.41, 5.74) is 2.30. The number of amides is 2. The van der Waals surface area contributed by atoms with E-state index in [1.807, 2.05) is 38.1 Å². The number of carbonyl (C=O) groups is 2. The van der Waals surface area contributed by atoms with E-state index in [1.165, 1.54) is 4.90 Å². The van der Waals surface area contributed by atoms with Crippen LogP contribution >= 0.6 is 15.9 Å². The van der Waals surface area contributed by atoms with E-state index in [0.29, 0.717) is 16.7 Å². The quantitative estimate of drug-likeness (QED) is 0.516. The molecule has 2 aromatic carbocycles. The van der Waals surface area contributed by atoms with E-state index in [4.69, 9.17) is 0 Å². The van der Waals surface area contributed by atoms with Crippen molar-refractivity contribution in [2.45, 2.75) is 39.8 Å². The number of sulfonamides is 1. The molecule has 0 heterocycles. The Bertz CT molecular complexity index is 1040. The van der Waals surface area contributed by atoms with Gasteiger partial charge in [-0.2, -0.15) is 0 Å². The monoisotopic (exact) mass is 523 g/mol. The second-order valence-electron chi connectivity index (χ2n) is 7.70. The Balaban J connectivity index is 2.37. The first kappa shape index (κ1) is 25.9. The topological polar surface area (TPSA) is 86.8 Å². The van der Waals surface area contributed by atoms with Gasteiger partial charge in [-0.15, -0.1) is 0 Å². The summed E-state index contributed by atoms with van der Waals surface area (Å²) in [5, 5.41) is 2.81. The summed E-state index contributed by atoms with van der Waals surface area (Å²) in [6, 6.07) is 13.7. The van der Waals surface area contributed by atoms with Crippen LogP contribution in [0.15, 0.2) is 53.0 Å². The van der Waals surface area contributed by atoms with Crippen LogP contribution in [0.2, 0.25) is 0 Å². The summed E-state index contributed by atoms with van der Waals surface area (Å²) in [7, 11) is -3.75. The summed E-state index contributed by atoms with van der Waals surface area (Å²) in [6.45, 7) is 5.84. The molecule has 0 saturated carbocycles. The maximum absolute atomic E-state index is 13.4. The van der Waals surface area contributed by atoms with E-state index >= 15 is 0 Å². The molecule has 0 spiro atoms. The van der Waals surface area contributed by atoms with E-state index in [0.717, 1.165) is 28.1 Å². The smallest absolute Gasteiger partial charge is 0.244 e. The van der Waals surface area contributed by atoms with E-state index in [1.54, 1.807) is 31.2 Å². The average Bonchev–Trinajstić information content (AvgIpc) is 2.74. The van der Waals surface area contributed by atoms with E-state index < -0.39 is 28.5 Å². The first-order valence-electron chi connectivity index (χ1n) is 10.4. The van der Waals surface area contributed by atoms with Gasteiger partial charge in [-0.05, 0) is 53.9 Å². The molecule has 1 atom stereocenters. The average molecular weight is 524 g/mol. The number of aryl methyl sites for hydroxylation is 1. The fraction of sp³-hybridized carbons (Fsp3) is 0.391. The lowest BCUT2D eigenvalue weighted by molar-refractivity contribution is -0.139. The minimum absolute atomic E-state index is 0.188. The van der Waals surface area contributed by atoms with Crippen molar-refractivity contribution < 1.29 is 18.0 Å². The largest absolute Gasteiger partial charge is 0.354 e. The van der Waals surface area contributed by atoms with E-state index in [-0.39, 0.29) is 12.5 Å². The maximum Gasteiger partial charge on any atom is 0.244 e. The van der Waals surface area contributed by atoms with Gasteiger partial charge in [-0.3, -0.25) is 13.9 Å². The first-order chi connectivity index (χ1) is 15.0. The maximum atomic E-state index is 13.4. The van der Waals surface area contributed by atoms with Gasteiger partial charge in [0.2, 0.25) is 21.8 Å². The van der Waals surface area contributed by atoms with Gasteiger partial charge in [0.25, 0.3) is 0 Å². The van der Waals surface area contributed by atoms with Crippen molar-refractivity contribution in [1.82, 2.24) is 10.2 Å². The minimum Gasteiger partial charge on any atom is -0.354 e. The summed E-state index contributed by atoms with van der Waals surface area (Å²) < 4.78 is 26.7. The molecule has 2 rings (SSSR count). The molecule has 0 unspecified atom stereocenters. The van der Waals surface area contributed by atoms with E-state index in [9.17, 15) is 18.0 Å². The molecule has 2 amide bonds. The molecule has 174 valence electrons. The number of anilines is 1.